The second-order valence-electron chi connectivity index (χ2n) is 6.53. The zero-order valence-electron chi connectivity index (χ0n) is 14.5. The molecule has 1 aromatic carbocycles. The average Bonchev–Trinajstić information content (AvgIpc) is 2.54. The van der Waals surface area contributed by atoms with E-state index in [1.54, 1.807) is 7.11 Å². The predicted octanol–water partition coefficient (Wildman–Crippen LogP) is 1.78. The van der Waals surface area contributed by atoms with Crippen LogP contribution in [0.2, 0.25) is 0 Å². The fraction of sp³-hybridized carbons (Fsp3) is 0.579. The molecule has 3 atom stereocenters. The molecule has 1 unspecified atom stereocenters. The molecule has 23 heavy (non-hydrogen) atoms. The Labute approximate surface area is 139 Å². The summed E-state index contributed by atoms with van der Waals surface area (Å²) in [5.41, 5.74) is 1.07. The van der Waals surface area contributed by atoms with Crippen LogP contribution < -0.4 is 14.4 Å². The Morgan fingerprint density at radius 3 is 2.91 bits per heavy atom. The van der Waals surface area contributed by atoms with Gasteiger partial charge >= 0.3 is 0 Å². The zero-order chi connectivity index (χ0) is 16.7. The lowest BCUT2D eigenvalue weighted by molar-refractivity contribution is -0.911. The molecule has 0 saturated carbocycles. The lowest BCUT2D eigenvalue weighted by Gasteiger charge is -2.29. The quantitative estimate of drug-likeness (QED) is 0.805. The van der Waals surface area contributed by atoms with Crippen molar-refractivity contribution < 1.29 is 19.5 Å². The van der Waals surface area contributed by atoms with Crippen LogP contribution in [0.25, 0.3) is 6.08 Å². The van der Waals surface area contributed by atoms with Crippen LogP contribution in [0.15, 0.2) is 24.3 Å². The minimum absolute atomic E-state index is 0.303. The summed E-state index contributed by atoms with van der Waals surface area (Å²) in [4.78, 5) is 1.48. The van der Waals surface area contributed by atoms with Crippen LogP contribution >= 0.6 is 0 Å². The van der Waals surface area contributed by atoms with Gasteiger partial charge in [-0.25, -0.2) is 0 Å². The lowest BCUT2D eigenvalue weighted by atomic mass is 10.0. The van der Waals surface area contributed by atoms with Crippen molar-refractivity contribution in [3.05, 3.63) is 29.8 Å². The number of benzene rings is 1. The number of allylic oxidation sites excluding steroid dienone is 1. The van der Waals surface area contributed by atoms with Crippen LogP contribution in [0.3, 0.4) is 0 Å². The monoisotopic (exact) mass is 320 g/mol. The molecule has 0 bridgehead atoms. The van der Waals surface area contributed by atoms with Gasteiger partial charge in [0.25, 0.3) is 0 Å². The number of nitrogens with one attached hydrogen (secondary N) is 1. The van der Waals surface area contributed by atoms with Crippen molar-refractivity contribution in [1.29, 1.82) is 0 Å². The van der Waals surface area contributed by atoms with E-state index < -0.39 is 6.10 Å². The van der Waals surface area contributed by atoms with E-state index >= 15 is 0 Å². The van der Waals surface area contributed by atoms with Crippen molar-refractivity contribution in [2.45, 2.75) is 32.8 Å². The summed E-state index contributed by atoms with van der Waals surface area (Å²) in [6.45, 7) is 7.64. The first-order chi connectivity index (χ1) is 11.1. The highest BCUT2D eigenvalue weighted by molar-refractivity contribution is 5.55. The molecular formula is C19H30NO3+. The molecule has 0 amide bonds. The Morgan fingerprint density at radius 2 is 2.22 bits per heavy atom. The largest absolute Gasteiger partial charge is 0.493 e. The molecule has 1 aliphatic rings. The Morgan fingerprint density at radius 1 is 1.39 bits per heavy atom. The summed E-state index contributed by atoms with van der Waals surface area (Å²) in [7, 11) is 1.64. The smallest absolute Gasteiger partial charge is 0.161 e. The van der Waals surface area contributed by atoms with Gasteiger partial charge in [0.1, 0.15) is 19.3 Å². The number of aliphatic hydroxyl groups is 1. The fourth-order valence-corrected chi connectivity index (χ4v) is 3.26. The molecule has 0 spiro atoms. The first-order valence-electron chi connectivity index (χ1n) is 8.57. The van der Waals surface area contributed by atoms with Gasteiger partial charge in [-0.15, -0.1) is 0 Å². The topological polar surface area (TPSA) is 43.1 Å². The fourth-order valence-electron chi connectivity index (χ4n) is 3.26. The highest BCUT2D eigenvalue weighted by Crippen LogP contribution is 2.28. The highest BCUT2D eigenvalue weighted by Gasteiger charge is 2.22. The van der Waals surface area contributed by atoms with Crippen molar-refractivity contribution in [2.24, 2.45) is 5.92 Å². The van der Waals surface area contributed by atoms with Crippen molar-refractivity contribution in [3.63, 3.8) is 0 Å². The third-order valence-corrected chi connectivity index (χ3v) is 4.37. The highest BCUT2D eigenvalue weighted by atomic mass is 16.5. The summed E-state index contributed by atoms with van der Waals surface area (Å²) in [6.07, 6.45) is 6.12. The predicted molar refractivity (Wildman–Crippen MR) is 93.2 cm³/mol. The Hall–Kier alpha value is -1.52. The number of rotatable bonds is 7. The summed E-state index contributed by atoms with van der Waals surface area (Å²) in [5.74, 6) is 2.14. The summed E-state index contributed by atoms with van der Waals surface area (Å²) in [5, 5.41) is 10.3. The second kappa shape index (κ2) is 8.94. The number of methoxy groups -OCH3 is 1. The standard InChI is InChI=1S/C19H29NO3/c1-4-6-16-8-9-18(19(11-16)22-3)23-14-17(21)13-20-10-5-7-15(2)12-20/h4,6,8-9,11,15,17,21H,5,7,10,12-14H2,1-3H3/p+1/b6-4+/t15-,17+/m0/s1. The van der Waals surface area contributed by atoms with E-state index in [-0.39, 0.29) is 0 Å². The molecule has 128 valence electrons. The van der Waals surface area contributed by atoms with Gasteiger partial charge in [0.05, 0.1) is 20.2 Å². The minimum atomic E-state index is -0.449. The van der Waals surface area contributed by atoms with Gasteiger partial charge in [-0.05, 0) is 37.5 Å². The van der Waals surface area contributed by atoms with Crippen molar-refractivity contribution >= 4 is 6.08 Å². The first-order valence-corrected chi connectivity index (χ1v) is 8.57. The van der Waals surface area contributed by atoms with Gasteiger partial charge < -0.3 is 19.5 Å². The summed E-state index contributed by atoms with van der Waals surface area (Å²) < 4.78 is 11.2. The Kier molecular flexibility index (Phi) is 6.93. The maximum absolute atomic E-state index is 10.3. The summed E-state index contributed by atoms with van der Waals surface area (Å²) >= 11 is 0. The van der Waals surface area contributed by atoms with Crippen LogP contribution in [0.5, 0.6) is 11.5 Å². The molecule has 1 saturated heterocycles. The first kappa shape index (κ1) is 17.8. The number of piperidine rings is 1. The normalized spacial score (nSPS) is 23.0. The van der Waals surface area contributed by atoms with Crippen LogP contribution in [-0.2, 0) is 0 Å². The lowest BCUT2D eigenvalue weighted by Crippen LogP contribution is -3.14. The van der Waals surface area contributed by atoms with E-state index in [0.29, 0.717) is 18.1 Å². The molecule has 2 rings (SSSR count). The molecule has 4 heteroatoms. The van der Waals surface area contributed by atoms with Crippen LogP contribution in [-0.4, -0.2) is 44.6 Å². The van der Waals surface area contributed by atoms with E-state index in [4.69, 9.17) is 9.47 Å². The average molecular weight is 320 g/mol. The molecule has 1 heterocycles. The molecule has 0 radical (unpaired) electrons. The molecule has 4 nitrogen and oxygen atoms in total. The van der Waals surface area contributed by atoms with Crippen LogP contribution in [0.4, 0.5) is 0 Å². The molecule has 1 aliphatic heterocycles. The Balaban J connectivity index is 1.87. The number of hydrogen-bond donors (Lipinski definition) is 2. The van der Waals surface area contributed by atoms with Gasteiger partial charge in [-0.3, -0.25) is 0 Å². The maximum Gasteiger partial charge on any atom is 0.161 e. The number of ether oxygens (including phenoxy) is 2. The number of aliphatic hydroxyl groups excluding tert-OH is 1. The maximum atomic E-state index is 10.3. The molecular weight excluding hydrogens is 290 g/mol. The van der Waals surface area contributed by atoms with Gasteiger partial charge in [0.15, 0.2) is 11.5 Å². The van der Waals surface area contributed by atoms with E-state index in [1.165, 1.54) is 17.7 Å². The van der Waals surface area contributed by atoms with Gasteiger partial charge in [0, 0.05) is 5.92 Å². The van der Waals surface area contributed by atoms with E-state index in [1.807, 2.05) is 37.3 Å². The van der Waals surface area contributed by atoms with E-state index in [9.17, 15) is 5.11 Å². The molecule has 1 fully saturated rings. The molecule has 0 aromatic heterocycles. The number of likely N-dealkylation sites (tertiary alicyclic amines) is 1. The van der Waals surface area contributed by atoms with Gasteiger partial charge in [-0.2, -0.15) is 0 Å². The second-order valence-corrected chi connectivity index (χ2v) is 6.53. The molecule has 0 aliphatic carbocycles. The van der Waals surface area contributed by atoms with Crippen molar-refractivity contribution in [1.82, 2.24) is 0 Å². The van der Waals surface area contributed by atoms with Crippen molar-refractivity contribution in [2.75, 3.05) is 33.4 Å². The third-order valence-electron chi connectivity index (χ3n) is 4.37. The zero-order valence-corrected chi connectivity index (χ0v) is 14.5. The van der Waals surface area contributed by atoms with Gasteiger partial charge in [0.2, 0.25) is 0 Å². The minimum Gasteiger partial charge on any atom is -0.493 e. The molecule has 2 N–H and O–H groups in total. The van der Waals surface area contributed by atoms with Crippen LogP contribution in [0.1, 0.15) is 32.3 Å². The van der Waals surface area contributed by atoms with E-state index in [0.717, 1.165) is 31.1 Å². The van der Waals surface area contributed by atoms with E-state index in [2.05, 4.69) is 6.92 Å². The molecule has 1 aromatic rings. The SMILES string of the molecule is C/C=C/c1ccc(OC[C@H](O)C[NH+]2CCC[C@H](C)C2)c(OC)c1. The van der Waals surface area contributed by atoms with Crippen LogP contribution in [0, 0.1) is 5.92 Å². The van der Waals surface area contributed by atoms with Crippen molar-refractivity contribution in [3.8, 4) is 11.5 Å². The Bertz CT molecular complexity index is 515. The third kappa shape index (κ3) is 5.56. The summed E-state index contributed by atoms with van der Waals surface area (Å²) in [6, 6.07) is 5.83. The van der Waals surface area contributed by atoms with Gasteiger partial charge in [-0.1, -0.05) is 25.1 Å². The number of quaternary nitrogens is 1. The number of hydrogen-bond acceptors (Lipinski definition) is 3.